The van der Waals surface area contributed by atoms with Crippen LogP contribution in [0.4, 0.5) is 11.4 Å². The molecule has 9 nitrogen and oxygen atoms in total. The Balaban J connectivity index is 1.93. The van der Waals surface area contributed by atoms with E-state index in [1.807, 2.05) is 12.1 Å². The molecule has 9 heteroatoms. The van der Waals surface area contributed by atoms with Crippen LogP contribution in [0.1, 0.15) is 10.5 Å². The van der Waals surface area contributed by atoms with E-state index in [0.717, 1.165) is 23.6 Å². The number of pyridine rings is 1. The molecule has 0 atom stereocenters. The van der Waals surface area contributed by atoms with Gasteiger partial charge in [0.15, 0.2) is 0 Å². The average molecular weight is 339 g/mol. The number of hydrogen-bond donors (Lipinski definition) is 0. The quantitative estimate of drug-likeness (QED) is 0.309. The Kier molecular flexibility index (Phi) is 4.04. The molecular weight excluding hydrogens is 330 g/mol. The van der Waals surface area contributed by atoms with E-state index in [-0.39, 0.29) is 5.69 Å². The Morgan fingerprint density at radius 3 is 2.44 bits per heavy atom. The molecule has 1 heterocycles. The number of nitro groups is 2. The Morgan fingerprint density at radius 1 is 0.960 bits per heavy atom. The second kappa shape index (κ2) is 6.32. The number of fused-ring (bicyclic) bond motifs is 1. The summed E-state index contributed by atoms with van der Waals surface area (Å²) in [6.45, 7) is 0. The predicted octanol–water partition coefficient (Wildman–Crippen LogP) is 3.27. The van der Waals surface area contributed by atoms with Crippen molar-refractivity contribution in [1.82, 2.24) is 4.98 Å². The standard InChI is InChI=1S/C16H9N3O6/c20-16(13-7-5-10-3-1-2-4-12(10)17-13)25-15-8-6-11(18(21)22)9-14(15)19(23)24/h1-9H. The van der Waals surface area contributed by atoms with Gasteiger partial charge in [0, 0.05) is 11.5 Å². The zero-order valence-electron chi connectivity index (χ0n) is 12.5. The average Bonchev–Trinajstić information content (AvgIpc) is 2.61. The van der Waals surface area contributed by atoms with Gasteiger partial charge in [-0.3, -0.25) is 20.2 Å². The van der Waals surface area contributed by atoms with Gasteiger partial charge >= 0.3 is 11.7 Å². The number of non-ortho nitro benzene ring substituents is 1. The van der Waals surface area contributed by atoms with E-state index in [1.165, 1.54) is 6.07 Å². The molecular formula is C16H9N3O6. The number of carbonyl (C=O) groups excluding carboxylic acids is 1. The number of rotatable bonds is 4. The molecule has 0 aliphatic heterocycles. The number of para-hydroxylation sites is 1. The van der Waals surface area contributed by atoms with E-state index < -0.39 is 32.9 Å². The van der Waals surface area contributed by atoms with Crippen molar-refractivity contribution >= 4 is 28.2 Å². The van der Waals surface area contributed by atoms with Gasteiger partial charge in [0.2, 0.25) is 5.75 Å². The van der Waals surface area contributed by atoms with Crippen molar-refractivity contribution < 1.29 is 19.4 Å². The summed E-state index contributed by atoms with van der Waals surface area (Å²) in [6, 6.07) is 13.0. The van der Waals surface area contributed by atoms with Crippen LogP contribution in [-0.4, -0.2) is 20.8 Å². The molecule has 1 aromatic heterocycles. The summed E-state index contributed by atoms with van der Waals surface area (Å²) in [5.74, 6) is -1.29. The summed E-state index contributed by atoms with van der Waals surface area (Å²) in [6.07, 6.45) is 0. The minimum Gasteiger partial charge on any atom is -0.414 e. The summed E-state index contributed by atoms with van der Waals surface area (Å²) in [7, 11) is 0. The second-order valence-electron chi connectivity index (χ2n) is 4.94. The van der Waals surface area contributed by atoms with E-state index in [2.05, 4.69) is 4.98 Å². The molecule has 0 saturated carbocycles. The van der Waals surface area contributed by atoms with E-state index >= 15 is 0 Å². The number of nitrogens with zero attached hydrogens (tertiary/aromatic N) is 3. The minimum atomic E-state index is -0.900. The van der Waals surface area contributed by atoms with Crippen LogP contribution >= 0.6 is 0 Å². The van der Waals surface area contributed by atoms with Crippen LogP contribution in [0, 0.1) is 20.2 Å². The number of benzene rings is 2. The van der Waals surface area contributed by atoms with Gasteiger partial charge in [-0.05, 0) is 18.2 Å². The highest BCUT2D eigenvalue weighted by Crippen LogP contribution is 2.31. The molecule has 0 N–H and O–H groups in total. The maximum absolute atomic E-state index is 12.2. The van der Waals surface area contributed by atoms with Gasteiger partial charge in [0.1, 0.15) is 5.69 Å². The first kappa shape index (κ1) is 16.0. The molecule has 0 bridgehead atoms. The van der Waals surface area contributed by atoms with E-state index in [4.69, 9.17) is 4.74 Å². The zero-order chi connectivity index (χ0) is 18.0. The lowest BCUT2D eigenvalue weighted by Gasteiger charge is -2.05. The first-order valence-corrected chi connectivity index (χ1v) is 6.96. The van der Waals surface area contributed by atoms with Gasteiger partial charge in [-0.1, -0.05) is 24.3 Å². The van der Waals surface area contributed by atoms with E-state index in [1.54, 1.807) is 18.2 Å². The fourth-order valence-electron chi connectivity index (χ4n) is 2.18. The molecule has 0 aliphatic rings. The molecule has 124 valence electrons. The van der Waals surface area contributed by atoms with Crippen molar-refractivity contribution in [3.8, 4) is 5.75 Å². The molecule has 0 amide bonds. The number of hydrogen-bond acceptors (Lipinski definition) is 7. The fraction of sp³-hybridized carbons (Fsp3) is 0. The first-order valence-electron chi connectivity index (χ1n) is 6.96. The summed E-state index contributed by atoms with van der Waals surface area (Å²) in [5.41, 5.74) is -0.625. The van der Waals surface area contributed by atoms with Crippen molar-refractivity contribution in [2.24, 2.45) is 0 Å². The van der Waals surface area contributed by atoms with Crippen LogP contribution in [0.15, 0.2) is 54.6 Å². The molecule has 3 rings (SSSR count). The van der Waals surface area contributed by atoms with Crippen molar-refractivity contribution in [3.05, 3.63) is 80.5 Å². The third-order valence-corrected chi connectivity index (χ3v) is 3.36. The number of nitro benzene ring substituents is 2. The Bertz CT molecular complexity index is 1020. The highest BCUT2D eigenvalue weighted by molar-refractivity contribution is 5.92. The molecule has 0 fully saturated rings. The van der Waals surface area contributed by atoms with Crippen LogP contribution in [0.25, 0.3) is 10.9 Å². The lowest BCUT2D eigenvalue weighted by atomic mass is 10.2. The van der Waals surface area contributed by atoms with Crippen LogP contribution in [0.5, 0.6) is 5.75 Å². The van der Waals surface area contributed by atoms with Gasteiger partial charge < -0.3 is 4.74 Å². The zero-order valence-corrected chi connectivity index (χ0v) is 12.5. The number of ether oxygens (including phenoxy) is 1. The first-order chi connectivity index (χ1) is 12.0. The van der Waals surface area contributed by atoms with Crippen molar-refractivity contribution in [1.29, 1.82) is 0 Å². The predicted molar refractivity (Wildman–Crippen MR) is 86.5 cm³/mol. The topological polar surface area (TPSA) is 125 Å². The van der Waals surface area contributed by atoms with Crippen molar-refractivity contribution in [3.63, 3.8) is 0 Å². The summed E-state index contributed by atoms with van der Waals surface area (Å²) in [5, 5.41) is 22.6. The smallest absolute Gasteiger partial charge is 0.362 e. The van der Waals surface area contributed by atoms with Crippen LogP contribution < -0.4 is 4.74 Å². The molecule has 2 aromatic carbocycles. The van der Waals surface area contributed by atoms with Gasteiger partial charge in [0.05, 0.1) is 21.4 Å². The van der Waals surface area contributed by atoms with Gasteiger partial charge in [-0.2, -0.15) is 0 Å². The summed E-state index contributed by atoms with van der Waals surface area (Å²) in [4.78, 5) is 36.5. The monoisotopic (exact) mass is 339 g/mol. The maximum atomic E-state index is 12.2. The van der Waals surface area contributed by atoms with Crippen LogP contribution in [-0.2, 0) is 0 Å². The second-order valence-corrected chi connectivity index (χ2v) is 4.94. The highest BCUT2D eigenvalue weighted by atomic mass is 16.6. The van der Waals surface area contributed by atoms with E-state index in [0.29, 0.717) is 5.52 Å². The molecule has 0 spiro atoms. The van der Waals surface area contributed by atoms with Crippen LogP contribution in [0.2, 0.25) is 0 Å². The number of aromatic nitrogens is 1. The molecule has 0 saturated heterocycles. The third kappa shape index (κ3) is 3.24. The fourth-order valence-corrected chi connectivity index (χ4v) is 2.18. The third-order valence-electron chi connectivity index (χ3n) is 3.36. The normalized spacial score (nSPS) is 10.4. The highest BCUT2D eigenvalue weighted by Gasteiger charge is 2.23. The van der Waals surface area contributed by atoms with Crippen LogP contribution in [0.3, 0.4) is 0 Å². The number of esters is 1. The molecule has 0 aliphatic carbocycles. The minimum absolute atomic E-state index is 0.0358. The Morgan fingerprint density at radius 2 is 1.72 bits per heavy atom. The van der Waals surface area contributed by atoms with Gasteiger partial charge in [-0.25, -0.2) is 9.78 Å². The maximum Gasteiger partial charge on any atom is 0.362 e. The van der Waals surface area contributed by atoms with Gasteiger partial charge in [-0.15, -0.1) is 0 Å². The Hall–Kier alpha value is -3.88. The summed E-state index contributed by atoms with van der Waals surface area (Å²) < 4.78 is 5.01. The molecule has 3 aromatic rings. The lowest BCUT2D eigenvalue weighted by Crippen LogP contribution is -2.11. The van der Waals surface area contributed by atoms with Gasteiger partial charge in [0.25, 0.3) is 5.69 Å². The SMILES string of the molecule is O=C(Oc1ccc([N+](=O)[O-])cc1[N+](=O)[O-])c1ccc2ccccc2n1. The van der Waals surface area contributed by atoms with Crippen molar-refractivity contribution in [2.45, 2.75) is 0 Å². The summed E-state index contributed by atoms with van der Waals surface area (Å²) >= 11 is 0. The number of carbonyl (C=O) groups is 1. The Labute approximate surface area is 139 Å². The largest absolute Gasteiger partial charge is 0.414 e. The molecule has 0 radical (unpaired) electrons. The van der Waals surface area contributed by atoms with Crippen molar-refractivity contribution in [2.75, 3.05) is 0 Å². The molecule has 25 heavy (non-hydrogen) atoms. The molecule has 0 unspecified atom stereocenters. The van der Waals surface area contributed by atoms with E-state index in [9.17, 15) is 25.0 Å². The lowest BCUT2D eigenvalue weighted by molar-refractivity contribution is -0.394.